The Hall–Kier alpha value is -2.56. The van der Waals surface area contributed by atoms with E-state index in [0.717, 1.165) is 35.4 Å². The summed E-state index contributed by atoms with van der Waals surface area (Å²) in [4.78, 5) is 11.1. The highest BCUT2D eigenvalue weighted by molar-refractivity contribution is 5.21. The molecule has 0 radical (unpaired) electrons. The van der Waals surface area contributed by atoms with E-state index in [2.05, 4.69) is 11.0 Å². The summed E-state index contributed by atoms with van der Waals surface area (Å²) in [7, 11) is 0. The molecule has 0 unspecified atom stereocenters. The average molecular weight is 322 g/mol. The third-order valence-corrected chi connectivity index (χ3v) is 3.72. The van der Waals surface area contributed by atoms with E-state index in [1.807, 2.05) is 72.8 Å². The van der Waals surface area contributed by atoms with Gasteiger partial charge in [-0.25, -0.2) is 0 Å². The molecule has 0 amide bonds. The first-order valence-corrected chi connectivity index (χ1v) is 8.13. The predicted molar refractivity (Wildman–Crippen MR) is 94.1 cm³/mol. The molecule has 1 aliphatic rings. The van der Waals surface area contributed by atoms with Crippen LogP contribution in [0.25, 0.3) is 0 Å². The molecule has 0 aromatic heterocycles. The Morgan fingerprint density at radius 3 is 1.42 bits per heavy atom. The number of benzene rings is 2. The van der Waals surface area contributed by atoms with Crippen molar-refractivity contribution < 1.29 is 9.68 Å². The number of nitrogens with one attached hydrogen (secondary N) is 2. The minimum atomic E-state index is 0.549. The molecule has 3 rings (SSSR count). The van der Waals surface area contributed by atoms with Crippen molar-refractivity contribution in [2.24, 2.45) is 0 Å². The molecular weight excluding hydrogens is 300 g/mol. The molecule has 0 saturated carbocycles. The van der Waals surface area contributed by atoms with Gasteiger partial charge in [-0.15, -0.1) is 0 Å². The van der Waals surface area contributed by atoms with Gasteiger partial charge in [0, 0.05) is 11.4 Å². The van der Waals surface area contributed by atoms with E-state index in [1.54, 1.807) is 0 Å². The van der Waals surface area contributed by atoms with E-state index < -0.39 is 0 Å². The van der Waals surface area contributed by atoms with Crippen LogP contribution in [0.1, 0.15) is 24.0 Å². The van der Waals surface area contributed by atoms with Crippen LogP contribution in [0, 0.1) is 0 Å². The summed E-state index contributed by atoms with van der Waals surface area (Å²) in [5.41, 5.74) is 10.5. The Morgan fingerprint density at radius 2 is 1.04 bits per heavy atom. The van der Waals surface area contributed by atoms with Crippen LogP contribution in [0.5, 0.6) is 0 Å². The zero-order chi connectivity index (χ0) is 16.5. The van der Waals surface area contributed by atoms with Crippen LogP contribution in [0.3, 0.4) is 0 Å². The summed E-state index contributed by atoms with van der Waals surface area (Å²) in [5.74, 6) is 0. The van der Waals surface area contributed by atoms with Crippen molar-refractivity contribution >= 4 is 0 Å². The molecule has 2 aromatic carbocycles. The predicted octanol–water partition coefficient (Wildman–Crippen LogP) is 3.99. The van der Waals surface area contributed by atoms with Crippen molar-refractivity contribution in [2.75, 3.05) is 0 Å². The third-order valence-electron chi connectivity index (χ3n) is 3.72. The Labute approximate surface area is 142 Å². The summed E-state index contributed by atoms with van der Waals surface area (Å²) in [5, 5.41) is 0. The maximum Gasteiger partial charge on any atom is 0.0996 e. The fourth-order valence-electron chi connectivity index (χ4n) is 2.38. The zero-order valence-electron chi connectivity index (χ0n) is 13.6. The standard InChI is InChI=1S/C20H22N2O2/c1-3-7-17(8-4-1)15-23-21-19-11-13-20(14-12-19)22-24-16-18-9-5-2-6-10-18/h1-11,13,21-22H,12,14-16H2. The fourth-order valence-corrected chi connectivity index (χ4v) is 2.38. The molecule has 124 valence electrons. The number of hydrogen-bond donors (Lipinski definition) is 2. The van der Waals surface area contributed by atoms with Gasteiger partial charge in [-0.1, -0.05) is 60.7 Å². The minimum Gasteiger partial charge on any atom is -0.272 e. The number of hydroxylamine groups is 2. The Bertz CT molecular complexity index is 620. The van der Waals surface area contributed by atoms with E-state index in [9.17, 15) is 0 Å². The lowest BCUT2D eigenvalue weighted by Gasteiger charge is -2.17. The number of allylic oxidation sites excluding steroid dienone is 4. The van der Waals surface area contributed by atoms with Crippen LogP contribution in [-0.4, -0.2) is 0 Å². The van der Waals surface area contributed by atoms with Gasteiger partial charge < -0.3 is 0 Å². The second-order valence-electron chi connectivity index (χ2n) is 5.64. The molecule has 0 atom stereocenters. The van der Waals surface area contributed by atoms with Crippen molar-refractivity contribution in [3.05, 3.63) is 95.3 Å². The molecule has 24 heavy (non-hydrogen) atoms. The van der Waals surface area contributed by atoms with Crippen molar-refractivity contribution in [1.29, 1.82) is 0 Å². The van der Waals surface area contributed by atoms with Gasteiger partial charge in [0.2, 0.25) is 0 Å². The Morgan fingerprint density at radius 1 is 0.625 bits per heavy atom. The summed E-state index contributed by atoms with van der Waals surface area (Å²) < 4.78 is 0. The van der Waals surface area contributed by atoms with Crippen molar-refractivity contribution in [3.63, 3.8) is 0 Å². The lowest BCUT2D eigenvalue weighted by atomic mass is 10.1. The van der Waals surface area contributed by atoms with E-state index in [1.165, 1.54) is 0 Å². The van der Waals surface area contributed by atoms with E-state index in [-0.39, 0.29) is 0 Å². The highest BCUT2D eigenvalue weighted by Crippen LogP contribution is 2.15. The van der Waals surface area contributed by atoms with E-state index in [0.29, 0.717) is 13.2 Å². The molecule has 0 spiro atoms. The average Bonchev–Trinajstić information content (AvgIpc) is 2.65. The van der Waals surface area contributed by atoms with Crippen LogP contribution >= 0.6 is 0 Å². The first-order valence-electron chi connectivity index (χ1n) is 8.13. The molecule has 2 aromatic rings. The van der Waals surface area contributed by atoms with Gasteiger partial charge in [0.1, 0.15) is 0 Å². The van der Waals surface area contributed by atoms with E-state index in [4.69, 9.17) is 9.68 Å². The summed E-state index contributed by atoms with van der Waals surface area (Å²) in [6.45, 7) is 1.10. The van der Waals surface area contributed by atoms with Crippen molar-refractivity contribution in [1.82, 2.24) is 11.0 Å². The normalized spacial score (nSPS) is 13.8. The smallest absolute Gasteiger partial charge is 0.0996 e. The van der Waals surface area contributed by atoms with Gasteiger partial charge in [-0.2, -0.15) is 0 Å². The van der Waals surface area contributed by atoms with Gasteiger partial charge in [-0.05, 0) is 36.1 Å². The molecule has 2 N–H and O–H groups in total. The summed E-state index contributed by atoms with van der Waals surface area (Å²) >= 11 is 0. The first-order chi connectivity index (χ1) is 11.9. The molecule has 0 bridgehead atoms. The second kappa shape index (κ2) is 8.91. The van der Waals surface area contributed by atoms with Gasteiger partial charge in [0.15, 0.2) is 0 Å². The number of rotatable bonds is 8. The molecule has 0 saturated heterocycles. The van der Waals surface area contributed by atoms with Crippen molar-refractivity contribution in [2.45, 2.75) is 26.1 Å². The molecule has 4 nitrogen and oxygen atoms in total. The van der Waals surface area contributed by atoms with Crippen LogP contribution in [0.4, 0.5) is 0 Å². The summed E-state index contributed by atoms with van der Waals surface area (Å²) in [6.07, 6.45) is 5.82. The lowest BCUT2D eigenvalue weighted by molar-refractivity contribution is 0.0409. The molecule has 1 aliphatic carbocycles. The molecule has 0 heterocycles. The van der Waals surface area contributed by atoms with Gasteiger partial charge in [0.05, 0.1) is 13.2 Å². The summed E-state index contributed by atoms with van der Waals surface area (Å²) in [6, 6.07) is 20.2. The molecule has 4 heteroatoms. The molecular formula is C20H22N2O2. The first kappa shape index (κ1) is 16.3. The van der Waals surface area contributed by atoms with Crippen LogP contribution in [-0.2, 0) is 22.9 Å². The van der Waals surface area contributed by atoms with Crippen molar-refractivity contribution in [3.8, 4) is 0 Å². The fraction of sp³-hybridized carbons (Fsp3) is 0.200. The van der Waals surface area contributed by atoms with Crippen LogP contribution in [0.2, 0.25) is 0 Å². The highest BCUT2D eigenvalue weighted by atomic mass is 16.6. The SMILES string of the molecule is C1=C(NOCc2ccccc2)CCC(NOCc2ccccc2)=C1. The third kappa shape index (κ3) is 5.26. The van der Waals surface area contributed by atoms with Gasteiger partial charge in [0.25, 0.3) is 0 Å². The van der Waals surface area contributed by atoms with E-state index >= 15 is 0 Å². The topological polar surface area (TPSA) is 42.5 Å². The number of hydrogen-bond acceptors (Lipinski definition) is 4. The largest absolute Gasteiger partial charge is 0.272 e. The van der Waals surface area contributed by atoms with Gasteiger partial charge in [-0.3, -0.25) is 20.6 Å². The Balaban J connectivity index is 1.37. The monoisotopic (exact) mass is 322 g/mol. The van der Waals surface area contributed by atoms with Crippen LogP contribution < -0.4 is 11.0 Å². The van der Waals surface area contributed by atoms with Gasteiger partial charge >= 0.3 is 0 Å². The maximum atomic E-state index is 5.53. The lowest BCUT2D eigenvalue weighted by Crippen LogP contribution is -2.19. The highest BCUT2D eigenvalue weighted by Gasteiger charge is 2.06. The van der Waals surface area contributed by atoms with Crippen LogP contribution in [0.15, 0.2) is 84.2 Å². The Kier molecular flexibility index (Phi) is 6.05. The molecule has 0 aliphatic heterocycles. The maximum absolute atomic E-state index is 5.53. The molecule has 0 fully saturated rings. The second-order valence-corrected chi connectivity index (χ2v) is 5.64. The minimum absolute atomic E-state index is 0.549. The quantitative estimate of drug-likeness (QED) is 0.721. The zero-order valence-corrected chi connectivity index (χ0v) is 13.6.